The van der Waals surface area contributed by atoms with Gasteiger partial charge in [0.25, 0.3) is 0 Å². The summed E-state index contributed by atoms with van der Waals surface area (Å²) in [5.41, 5.74) is 4.59. The molecule has 0 atom stereocenters. The third-order valence-corrected chi connectivity index (χ3v) is 4.60. The van der Waals surface area contributed by atoms with Crippen LogP contribution in [0.2, 0.25) is 0 Å². The van der Waals surface area contributed by atoms with E-state index in [9.17, 15) is 4.79 Å². The van der Waals surface area contributed by atoms with Crippen LogP contribution in [0.5, 0.6) is 0 Å². The molecule has 0 radical (unpaired) electrons. The van der Waals surface area contributed by atoms with Gasteiger partial charge in [0.15, 0.2) is 0 Å². The first-order chi connectivity index (χ1) is 14.6. The average molecular weight is 399 g/mol. The molecule has 0 bridgehead atoms. The summed E-state index contributed by atoms with van der Waals surface area (Å²) in [4.78, 5) is 24.7. The number of nitrogens with one attached hydrogen (secondary N) is 3. The highest BCUT2D eigenvalue weighted by molar-refractivity contribution is 5.99. The fraction of sp³-hybridized carbons (Fsp3) is 0.0909. The molecule has 0 fully saturated rings. The van der Waals surface area contributed by atoms with E-state index in [1.807, 2.05) is 68.6 Å². The molecule has 0 spiro atoms. The number of hydrogen-bond acceptors (Lipinski definition) is 5. The van der Waals surface area contributed by atoms with Gasteiger partial charge < -0.3 is 16.0 Å². The minimum Gasteiger partial charge on any atom is -0.340 e. The first-order valence-corrected chi connectivity index (χ1v) is 9.39. The third kappa shape index (κ3) is 4.61. The zero-order valence-corrected chi connectivity index (χ0v) is 16.6. The van der Waals surface area contributed by atoms with Crippen LogP contribution < -0.4 is 16.0 Å². The van der Waals surface area contributed by atoms with Crippen LogP contribution in [0.25, 0.3) is 5.82 Å². The van der Waals surface area contributed by atoms with Crippen LogP contribution in [0.15, 0.2) is 73.6 Å². The van der Waals surface area contributed by atoms with Crippen molar-refractivity contribution >= 4 is 28.9 Å². The second-order valence-electron chi connectivity index (χ2n) is 6.81. The second kappa shape index (κ2) is 8.44. The summed E-state index contributed by atoms with van der Waals surface area (Å²) < 4.78 is 1.80. The summed E-state index contributed by atoms with van der Waals surface area (Å²) in [5.74, 6) is 1.37. The summed E-state index contributed by atoms with van der Waals surface area (Å²) in [7, 11) is 0. The molecule has 2 amide bonds. The number of benzene rings is 2. The van der Waals surface area contributed by atoms with Crippen LogP contribution in [0.3, 0.4) is 0 Å². The lowest BCUT2D eigenvalue weighted by Gasteiger charge is -2.11. The Morgan fingerprint density at radius 2 is 1.60 bits per heavy atom. The van der Waals surface area contributed by atoms with E-state index in [0.717, 1.165) is 16.9 Å². The fourth-order valence-electron chi connectivity index (χ4n) is 2.85. The van der Waals surface area contributed by atoms with Crippen LogP contribution in [0, 0.1) is 13.8 Å². The molecule has 8 nitrogen and oxygen atoms in total. The molecule has 0 saturated carbocycles. The number of rotatable bonds is 5. The molecule has 0 aliphatic heterocycles. The van der Waals surface area contributed by atoms with Crippen LogP contribution in [0.4, 0.5) is 27.7 Å². The third-order valence-electron chi connectivity index (χ3n) is 4.60. The van der Waals surface area contributed by atoms with Crippen molar-refractivity contribution in [2.45, 2.75) is 13.8 Å². The number of amides is 2. The van der Waals surface area contributed by atoms with Crippen molar-refractivity contribution in [1.29, 1.82) is 0 Å². The van der Waals surface area contributed by atoms with E-state index in [-0.39, 0.29) is 6.03 Å². The van der Waals surface area contributed by atoms with Gasteiger partial charge in [-0.25, -0.2) is 19.7 Å². The summed E-state index contributed by atoms with van der Waals surface area (Å²) in [6, 6.07) is 14.7. The van der Waals surface area contributed by atoms with Gasteiger partial charge in [0.2, 0.25) is 0 Å². The Morgan fingerprint density at radius 1 is 0.867 bits per heavy atom. The molecule has 30 heavy (non-hydrogen) atoms. The highest BCUT2D eigenvalue weighted by atomic mass is 16.2. The Morgan fingerprint density at radius 3 is 2.33 bits per heavy atom. The average Bonchev–Trinajstić information content (AvgIpc) is 3.27. The Hall–Kier alpha value is -4.20. The molecule has 4 aromatic rings. The second-order valence-corrected chi connectivity index (χ2v) is 6.81. The molecule has 150 valence electrons. The summed E-state index contributed by atoms with van der Waals surface area (Å²) in [6.45, 7) is 4.05. The van der Waals surface area contributed by atoms with Gasteiger partial charge in [-0.1, -0.05) is 6.07 Å². The van der Waals surface area contributed by atoms with Crippen LogP contribution >= 0.6 is 0 Å². The maximum absolute atomic E-state index is 12.2. The molecule has 0 aliphatic rings. The van der Waals surface area contributed by atoms with Crippen molar-refractivity contribution in [3.05, 3.63) is 84.7 Å². The first-order valence-electron chi connectivity index (χ1n) is 9.39. The van der Waals surface area contributed by atoms with Crippen molar-refractivity contribution in [3.63, 3.8) is 0 Å². The first kappa shape index (κ1) is 19.1. The molecule has 2 aromatic carbocycles. The van der Waals surface area contributed by atoms with Gasteiger partial charge in [-0.05, 0) is 61.4 Å². The molecule has 8 heteroatoms. The number of nitrogens with zero attached hydrogens (tertiary/aromatic N) is 4. The van der Waals surface area contributed by atoms with Crippen molar-refractivity contribution in [2.75, 3.05) is 16.0 Å². The Labute approximate surface area is 174 Å². The number of anilines is 4. The van der Waals surface area contributed by atoms with Gasteiger partial charge in [0, 0.05) is 35.5 Å². The molecule has 4 rings (SSSR count). The predicted molar refractivity (Wildman–Crippen MR) is 117 cm³/mol. The van der Waals surface area contributed by atoms with Crippen molar-refractivity contribution in [1.82, 2.24) is 19.5 Å². The van der Waals surface area contributed by atoms with Gasteiger partial charge >= 0.3 is 6.03 Å². The van der Waals surface area contributed by atoms with Gasteiger partial charge in [0.1, 0.15) is 24.3 Å². The zero-order valence-electron chi connectivity index (χ0n) is 16.6. The van der Waals surface area contributed by atoms with Crippen molar-refractivity contribution < 1.29 is 4.79 Å². The van der Waals surface area contributed by atoms with E-state index >= 15 is 0 Å². The van der Waals surface area contributed by atoms with E-state index in [4.69, 9.17) is 0 Å². The van der Waals surface area contributed by atoms with E-state index < -0.39 is 0 Å². The van der Waals surface area contributed by atoms with Crippen molar-refractivity contribution in [2.24, 2.45) is 0 Å². The van der Waals surface area contributed by atoms with E-state index in [1.165, 1.54) is 11.9 Å². The Kier molecular flexibility index (Phi) is 5.38. The Bertz CT molecular complexity index is 1150. The number of aryl methyl sites for hydroxylation is 2. The van der Waals surface area contributed by atoms with Crippen molar-refractivity contribution in [3.8, 4) is 5.82 Å². The number of carbonyl (C=O) groups is 1. The van der Waals surface area contributed by atoms with Gasteiger partial charge in [-0.15, -0.1) is 0 Å². The molecule has 3 N–H and O–H groups in total. The Balaban J connectivity index is 1.37. The van der Waals surface area contributed by atoms with E-state index in [2.05, 4.69) is 30.9 Å². The van der Waals surface area contributed by atoms with Crippen LogP contribution in [-0.2, 0) is 0 Å². The number of aromatic nitrogens is 4. The number of hydrogen-bond donors (Lipinski definition) is 3. The fourth-order valence-corrected chi connectivity index (χ4v) is 2.85. The number of urea groups is 1. The maximum Gasteiger partial charge on any atom is 0.323 e. The molecule has 0 saturated heterocycles. The topological polar surface area (TPSA) is 96.8 Å². The lowest BCUT2D eigenvalue weighted by atomic mass is 10.1. The van der Waals surface area contributed by atoms with Gasteiger partial charge in [-0.3, -0.25) is 4.57 Å². The molecule has 0 unspecified atom stereocenters. The molecule has 2 aromatic heterocycles. The van der Waals surface area contributed by atoms with E-state index in [0.29, 0.717) is 17.3 Å². The maximum atomic E-state index is 12.2. The molecule has 2 heterocycles. The smallest absolute Gasteiger partial charge is 0.323 e. The molecule has 0 aliphatic carbocycles. The predicted octanol–water partition coefficient (Wildman–Crippen LogP) is 4.67. The lowest BCUT2D eigenvalue weighted by Crippen LogP contribution is -2.19. The molecular weight excluding hydrogens is 378 g/mol. The quantitative estimate of drug-likeness (QED) is 0.453. The SMILES string of the molecule is Cc1ccc(NC(=O)Nc2ccc(Nc3cc(-n4ccnc4)ncn3)cc2)cc1C. The largest absolute Gasteiger partial charge is 0.340 e. The number of carbonyl (C=O) groups excluding carboxylic acids is 1. The van der Waals surface area contributed by atoms with E-state index in [1.54, 1.807) is 17.1 Å². The minimum absolute atomic E-state index is 0.292. The zero-order chi connectivity index (χ0) is 20.9. The normalized spacial score (nSPS) is 10.5. The van der Waals surface area contributed by atoms with Gasteiger partial charge in [-0.2, -0.15) is 0 Å². The minimum atomic E-state index is -0.292. The van der Waals surface area contributed by atoms with Crippen LogP contribution in [0.1, 0.15) is 11.1 Å². The number of imidazole rings is 1. The lowest BCUT2D eigenvalue weighted by molar-refractivity contribution is 0.262. The van der Waals surface area contributed by atoms with Gasteiger partial charge in [0.05, 0.1) is 0 Å². The monoisotopic (exact) mass is 399 g/mol. The van der Waals surface area contributed by atoms with Crippen LogP contribution in [-0.4, -0.2) is 25.6 Å². The molecular formula is C22H21N7O. The summed E-state index contributed by atoms with van der Waals surface area (Å²) >= 11 is 0. The summed E-state index contributed by atoms with van der Waals surface area (Å²) in [5, 5.41) is 8.90. The summed E-state index contributed by atoms with van der Waals surface area (Å²) in [6.07, 6.45) is 6.67. The standard InChI is InChI=1S/C22H21N7O/c1-15-3-4-19(11-16(15)2)28-22(30)27-18-7-5-17(6-8-18)26-20-12-21(25-13-24-20)29-10-9-23-14-29/h3-14H,1-2H3,(H,24,25,26)(H2,27,28,30). The highest BCUT2D eigenvalue weighted by Crippen LogP contribution is 2.19. The highest BCUT2D eigenvalue weighted by Gasteiger charge is 2.05.